The first-order chi connectivity index (χ1) is 16.1. The molecular weight excluding hydrogens is 460 g/mol. The standard InChI is InChI=1S/C23H26N4O6S/c1-23(2,22(28)29)16-6-4-15(5-7-16)18-12-19-20(25-9-8-24-19)21(26-18)33-14-17-13-27(10-11-32-17)34(3,30)31/h4-9,12,17H,10-11,13-14H2,1-3H3,(H,28,29)/t17-/m0/s1. The van der Waals surface area contributed by atoms with Gasteiger partial charge in [-0.1, -0.05) is 24.3 Å². The second-order valence-corrected chi connectivity index (χ2v) is 10.7. The Morgan fingerprint density at radius 3 is 2.62 bits per heavy atom. The summed E-state index contributed by atoms with van der Waals surface area (Å²) in [7, 11) is -3.32. The molecule has 0 aliphatic carbocycles. The van der Waals surface area contributed by atoms with Crippen LogP contribution in [0.4, 0.5) is 0 Å². The molecule has 1 fully saturated rings. The lowest BCUT2D eigenvalue weighted by Gasteiger charge is -2.30. The van der Waals surface area contributed by atoms with Gasteiger partial charge in [0.15, 0.2) is 5.52 Å². The molecule has 2 aromatic heterocycles. The highest BCUT2D eigenvalue weighted by molar-refractivity contribution is 7.88. The number of aromatic nitrogens is 3. The average Bonchev–Trinajstić information content (AvgIpc) is 2.82. The normalized spacial score (nSPS) is 17.6. The number of aliphatic carboxylic acids is 1. The van der Waals surface area contributed by atoms with Crippen molar-refractivity contribution in [1.82, 2.24) is 19.3 Å². The summed E-state index contributed by atoms with van der Waals surface area (Å²) in [4.78, 5) is 24.9. The number of nitrogens with zero attached hydrogens (tertiary/aromatic N) is 4. The maximum Gasteiger partial charge on any atom is 0.313 e. The molecule has 0 bridgehead atoms. The molecule has 10 nitrogen and oxygen atoms in total. The minimum atomic E-state index is -3.32. The summed E-state index contributed by atoms with van der Waals surface area (Å²) < 4.78 is 36.7. The summed E-state index contributed by atoms with van der Waals surface area (Å²) in [6, 6.07) is 8.94. The minimum absolute atomic E-state index is 0.0971. The van der Waals surface area contributed by atoms with Crippen molar-refractivity contribution >= 4 is 27.0 Å². The number of fused-ring (bicyclic) bond motifs is 1. The van der Waals surface area contributed by atoms with Crippen LogP contribution >= 0.6 is 0 Å². The van der Waals surface area contributed by atoms with Crippen LogP contribution in [-0.2, 0) is 25.0 Å². The number of carboxylic acids is 1. The Balaban J connectivity index is 1.61. The Morgan fingerprint density at radius 2 is 1.94 bits per heavy atom. The lowest BCUT2D eigenvalue weighted by Crippen LogP contribution is -2.47. The smallest absolute Gasteiger partial charge is 0.313 e. The first kappa shape index (κ1) is 24.0. The fraction of sp³-hybridized carbons (Fsp3) is 0.391. The molecule has 4 rings (SSSR count). The third-order valence-electron chi connectivity index (χ3n) is 5.84. The predicted molar refractivity (Wildman–Crippen MR) is 125 cm³/mol. The van der Waals surface area contributed by atoms with Gasteiger partial charge in [0.25, 0.3) is 0 Å². The molecule has 0 spiro atoms. The molecule has 0 radical (unpaired) electrons. The number of hydrogen-bond acceptors (Lipinski definition) is 8. The lowest BCUT2D eigenvalue weighted by molar-refractivity contribution is -0.142. The van der Waals surface area contributed by atoms with Gasteiger partial charge in [-0.3, -0.25) is 9.78 Å². The number of hydrogen-bond donors (Lipinski definition) is 1. The largest absolute Gasteiger partial charge is 0.481 e. The highest BCUT2D eigenvalue weighted by Gasteiger charge is 2.29. The van der Waals surface area contributed by atoms with E-state index in [1.54, 1.807) is 44.4 Å². The first-order valence-corrected chi connectivity index (χ1v) is 12.6. The van der Waals surface area contributed by atoms with Crippen molar-refractivity contribution in [3.05, 3.63) is 48.3 Å². The number of benzene rings is 1. The molecule has 3 aromatic rings. The van der Waals surface area contributed by atoms with Crippen LogP contribution in [0.25, 0.3) is 22.3 Å². The van der Waals surface area contributed by atoms with E-state index in [0.29, 0.717) is 28.8 Å². The average molecular weight is 487 g/mol. The van der Waals surface area contributed by atoms with Gasteiger partial charge in [-0.05, 0) is 25.5 Å². The van der Waals surface area contributed by atoms with E-state index in [9.17, 15) is 18.3 Å². The second-order valence-electron chi connectivity index (χ2n) is 8.67. The monoisotopic (exact) mass is 486 g/mol. The number of morpholine rings is 1. The zero-order valence-corrected chi connectivity index (χ0v) is 19.9. The Kier molecular flexibility index (Phi) is 6.52. The van der Waals surface area contributed by atoms with E-state index in [1.807, 2.05) is 12.1 Å². The molecule has 0 unspecified atom stereocenters. The summed E-state index contributed by atoms with van der Waals surface area (Å²) in [5.41, 5.74) is 2.07. The van der Waals surface area contributed by atoms with Gasteiger partial charge in [-0.2, -0.15) is 4.31 Å². The SMILES string of the molecule is CC(C)(C(=O)O)c1ccc(-c2cc3nccnc3c(OC[C@@H]3CN(S(C)(=O)=O)CCO3)n2)cc1. The number of pyridine rings is 1. The maximum atomic E-state index is 11.9. The van der Waals surface area contributed by atoms with Gasteiger partial charge in [0, 0.05) is 31.0 Å². The molecule has 34 heavy (non-hydrogen) atoms. The molecular formula is C23H26N4O6S. The van der Waals surface area contributed by atoms with Gasteiger partial charge in [0.2, 0.25) is 15.9 Å². The number of rotatable bonds is 7. The van der Waals surface area contributed by atoms with E-state index >= 15 is 0 Å². The van der Waals surface area contributed by atoms with E-state index in [-0.39, 0.29) is 25.6 Å². The molecule has 1 atom stereocenters. The number of ether oxygens (including phenoxy) is 2. The molecule has 3 heterocycles. The van der Waals surface area contributed by atoms with Crippen LogP contribution < -0.4 is 4.74 Å². The minimum Gasteiger partial charge on any atom is -0.481 e. The van der Waals surface area contributed by atoms with Crippen molar-refractivity contribution in [2.75, 3.05) is 32.6 Å². The quantitative estimate of drug-likeness (QED) is 0.533. The van der Waals surface area contributed by atoms with Crippen LogP contribution in [0.3, 0.4) is 0 Å². The third kappa shape index (κ3) is 5.01. The molecule has 0 saturated carbocycles. The Labute approximate surface area is 197 Å². The Hall–Kier alpha value is -3.15. The van der Waals surface area contributed by atoms with Gasteiger partial charge >= 0.3 is 5.97 Å². The summed E-state index contributed by atoms with van der Waals surface area (Å²) in [6.07, 6.45) is 3.84. The highest BCUT2D eigenvalue weighted by atomic mass is 32.2. The predicted octanol–water partition coefficient (Wildman–Crippen LogP) is 2.09. The van der Waals surface area contributed by atoms with Gasteiger partial charge in [0.1, 0.15) is 12.7 Å². The van der Waals surface area contributed by atoms with Crippen LogP contribution in [-0.4, -0.2) is 77.4 Å². The molecule has 1 N–H and O–H groups in total. The maximum absolute atomic E-state index is 11.9. The lowest BCUT2D eigenvalue weighted by atomic mass is 9.84. The summed E-state index contributed by atoms with van der Waals surface area (Å²) in [5, 5.41) is 9.47. The number of sulfonamides is 1. The van der Waals surface area contributed by atoms with E-state index in [1.165, 1.54) is 10.6 Å². The number of carboxylic acid groups (broad SMARTS) is 1. The Bertz CT molecular complexity index is 1310. The molecule has 0 amide bonds. The van der Waals surface area contributed by atoms with Crippen molar-refractivity contribution in [2.45, 2.75) is 25.4 Å². The highest BCUT2D eigenvalue weighted by Crippen LogP contribution is 2.30. The van der Waals surface area contributed by atoms with Gasteiger partial charge < -0.3 is 14.6 Å². The van der Waals surface area contributed by atoms with Crippen molar-refractivity contribution in [1.29, 1.82) is 0 Å². The fourth-order valence-corrected chi connectivity index (χ4v) is 4.48. The van der Waals surface area contributed by atoms with Crippen molar-refractivity contribution < 1.29 is 27.8 Å². The van der Waals surface area contributed by atoms with Gasteiger partial charge in [0.05, 0.1) is 29.5 Å². The van der Waals surface area contributed by atoms with Crippen LogP contribution in [0.15, 0.2) is 42.7 Å². The summed E-state index contributed by atoms with van der Waals surface area (Å²) >= 11 is 0. The second kappa shape index (κ2) is 9.24. The van der Waals surface area contributed by atoms with Gasteiger partial charge in [-0.25, -0.2) is 18.4 Å². The van der Waals surface area contributed by atoms with Crippen LogP contribution in [0.5, 0.6) is 5.88 Å². The van der Waals surface area contributed by atoms with Crippen LogP contribution in [0.2, 0.25) is 0 Å². The first-order valence-electron chi connectivity index (χ1n) is 10.7. The van der Waals surface area contributed by atoms with Crippen molar-refractivity contribution in [3.8, 4) is 17.1 Å². The van der Waals surface area contributed by atoms with E-state index in [0.717, 1.165) is 5.56 Å². The van der Waals surface area contributed by atoms with Gasteiger partial charge in [-0.15, -0.1) is 0 Å². The zero-order chi connectivity index (χ0) is 24.5. The number of carbonyl (C=O) groups is 1. The van der Waals surface area contributed by atoms with Crippen LogP contribution in [0.1, 0.15) is 19.4 Å². The molecule has 1 aliphatic rings. The van der Waals surface area contributed by atoms with Crippen LogP contribution in [0, 0.1) is 0 Å². The summed E-state index contributed by atoms with van der Waals surface area (Å²) in [6.45, 7) is 4.19. The molecule has 1 aliphatic heterocycles. The zero-order valence-electron chi connectivity index (χ0n) is 19.1. The van der Waals surface area contributed by atoms with E-state index in [4.69, 9.17) is 9.47 Å². The third-order valence-corrected chi connectivity index (χ3v) is 7.11. The van der Waals surface area contributed by atoms with Crippen molar-refractivity contribution in [2.24, 2.45) is 0 Å². The van der Waals surface area contributed by atoms with E-state index in [2.05, 4.69) is 15.0 Å². The molecule has 1 saturated heterocycles. The molecule has 11 heteroatoms. The Morgan fingerprint density at radius 1 is 1.24 bits per heavy atom. The molecule has 1 aromatic carbocycles. The molecule has 180 valence electrons. The van der Waals surface area contributed by atoms with E-state index < -0.39 is 27.5 Å². The fourth-order valence-electron chi connectivity index (χ4n) is 3.64. The topological polar surface area (TPSA) is 132 Å². The van der Waals surface area contributed by atoms with Crippen molar-refractivity contribution in [3.63, 3.8) is 0 Å². The summed E-state index contributed by atoms with van der Waals surface area (Å²) in [5.74, 6) is -0.648.